The lowest BCUT2D eigenvalue weighted by Gasteiger charge is -2.30. The SMILES string of the molecule is O=[N+]([O-])/C=C1\NCCCN1Cc1cccnc1. The molecule has 1 aromatic rings. The minimum absolute atomic E-state index is 0.427. The minimum atomic E-state index is -0.427. The molecule has 1 aromatic heterocycles. The molecule has 2 rings (SSSR count). The van der Waals surface area contributed by atoms with E-state index in [1.807, 2.05) is 17.0 Å². The molecule has 0 radical (unpaired) electrons. The van der Waals surface area contributed by atoms with Crippen LogP contribution in [0.25, 0.3) is 0 Å². The second kappa shape index (κ2) is 5.29. The molecule has 17 heavy (non-hydrogen) atoms. The van der Waals surface area contributed by atoms with Crippen LogP contribution < -0.4 is 5.32 Å². The van der Waals surface area contributed by atoms with Gasteiger partial charge in [0.1, 0.15) is 0 Å². The quantitative estimate of drug-likeness (QED) is 0.623. The Morgan fingerprint density at radius 1 is 1.65 bits per heavy atom. The van der Waals surface area contributed by atoms with E-state index in [0.29, 0.717) is 12.4 Å². The molecule has 1 aliphatic rings. The van der Waals surface area contributed by atoms with E-state index < -0.39 is 4.92 Å². The lowest BCUT2D eigenvalue weighted by atomic mass is 10.2. The van der Waals surface area contributed by atoms with Crippen LogP contribution in [0.3, 0.4) is 0 Å². The van der Waals surface area contributed by atoms with Crippen LogP contribution in [0.15, 0.2) is 36.5 Å². The highest BCUT2D eigenvalue weighted by atomic mass is 16.6. The number of aromatic nitrogens is 1. The van der Waals surface area contributed by atoms with Crippen LogP contribution in [0, 0.1) is 10.1 Å². The highest BCUT2D eigenvalue weighted by Gasteiger charge is 2.17. The highest BCUT2D eigenvalue weighted by Crippen LogP contribution is 2.12. The normalized spacial score (nSPS) is 17.9. The van der Waals surface area contributed by atoms with Crippen molar-refractivity contribution in [1.29, 1.82) is 0 Å². The molecule has 6 nitrogen and oxygen atoms in total. The van der Waals surface area contributed by atoms with E-state index in [2.05, 4.69) is 10.3 Å². The fourth-order valence-corrected chi connectivity index (χ4v) is 1.82. The topological polar surface area (TPSA) is 71.3 Å². The summed E-state index contributed by atoms with van der Waals surface area (Å²) >= 11 is 0. The van der Waals surface area contributed by atoms with Gasteiger partial charge in [0.25, 0.3) is 6.20 Å². The Bertz CT molecular complexity index is 419. The molecule has 0 amide bonds. The first-order valence-electron chi connectivity index (χ1n) is 5.49. The number of hydrogen-bond acceptors (Lipinski definition) is 5. The predicted molar refractivity (Wildman–Crippen MR) is 62.3 cm³/mol. The first-order chi connectivity index (χ1) is 8.25. The third-order valence-corrected chi connectivity index (χ3v) is 2.58. The first-order valence-corrected chi connectivity index (χ1v) is 5.49. The number of rotatable bonds is 3. The van der Waals surface area contributed by atoms with E-state index in [9.17, 15) is 10.1 Å². The molecule has 1 N–H and O–H groups in total. The maximum absolute atomic E-state index is 10.5. The van der Waals surface area contributed by atoms with Gasteiger partial charge in [-0.3, -0.25) is 15.1 Å². The maximum atomic E-state index is 10.5. The molecule has 1 fully saturated rings. The van der Waals surface area contributed by atoms with Crippen LogP contribution in [0.5, 0.6) is 0 Å². The van der Waals surface area contributed by atoms with Crippen LogP contribution in [0.1, 0.15) is 12.0 Å². The van der Waals surface area contributed by atoms with Crippen molar-refractivity contribution < 1.29 is 4.92 Å². The van der Waals surface area contributed by atoms with Crippen molar-refractivity contribution >= 4 is 0 Å². The molecular weight excluding hydrogens is 220 g/mol. The average Bonchev–Trinajstić information content (AvgIpc) is 2.32. The highest BCUT2D eigenvalue weighted by molar-refractivity contribution is 5.11. The van der Waals surface area contributed by atoms with Crippen molar-refractivity contribution in [2.75, 3.05) is 13.1 Å². The standard InChI is InChI=1S/C11H14N4O2/c16-15(17)9-11-13-5-2-6-14(11)8-10-3-1-4-12-7-10/h1,3-4,7,9,13H,2,5-6,8H2/b11-9+. The van der Waals surface area contributed by atoms with Crippen LogP contribution in [0.4, 0.5) is 0 Å². The Labute approximate surface area is 99.1 Å². The second-order valence-corrected chi connectivity index (χ2v) is 3.86. The summed E-state index contributed by atoms with van der Waals surface area (Å²) in [6.07, 6.45) is 5.49. The largest absolute Gasteiger partial charge is 0.367 e. The number of nitrogens with one attached hydrogen (secondary N) is 1. The molecule has 0 aromatic carbocycles. The second-order valence-electron chi connectivity index (χ2n) is 3.86. The van der Waals surface area contributed by atoms with E-state index in [1.54, 1.807) is 12.4 Å². The summed E-state index contributed by atoms with van der Waals surface area (Å²) < 4.78 is 0. The van der Waals surface area contributed by atoms with Gasteiger partial charge in [-0.1, -0.05) is 6.07 Å². The Kier molecular flexibility index (Phi) is 3.54. The van der Waals surface area contributed by atoms with Crippen molar-refractivity contribution in [2.24, 2.45) is 0 Å². The molecule has 0 bridgehead atoms. The number of pyridine rings is 1. The number of hydrogen-bond donors (Lipinski definition) is 1. The summed E-state index contributed by atoms with van der Waals surface area (Å²) in [7, 11) is 0. The summed E-state index contributed by atoms with van der Waals surface area (Å²) in [4.78, 5) is 16.1. The van der Waals surface area contributed by atoms with Crippen molar-refractivity contribution in [1.82, 2.24) is 15.2 Å². The lowest BCUT2D eigenvalue weighted by Crippen LogP contribution is -2.39. The number of nitrogens with zero attached hydrogens (tertiary/aromatic N) is 3. The van der Waals surface area contributed by atoms with Crippen LogP contribution >= 0.6 is 0 Å². The third kappa shape index (κ3) is 3.17. The third-order valence-electron chi connectivity index (χ3n) is 2.58. The molecule has 0 saturated carbocycles. The first kappa shape index (κ1) is 11.4. The van der Waals surface area contributed by atoms with Gasteiger partial charge in [-0.15, -0.1) is 0 Å². The molecule has 0 atom stereocenters. The monoisotopic (exact) mass is 234 g/mol. The summed E-state index contributed by atoms with van der Waals surface area (Å²) in [5, 5.41) is 13.6. The fraction of sp³-hybridized carbons (Fsp3) is 0.364. The van der Waals surface area contributed by atoms with Crippen LogP contribution in [-0.4, -0.2) is 27.9 Å². The lowest BCUT2D eigenvalue weighted by molar-refractivity contribution is -0.405. The van der Waals surface area contributed by atoms with E-state index in [0.717, 1.165) is 31.3 Å². The fourth-order valence-electron chi connectivity index (χ4n) is 1.82. The number of nitro groups is 1. The van der Waals surface area contributed by atoms with Gasteiger partial charge in [0.05, 0.1) is 4.92 Å². The van der Waals surface area contributed by atoms with Gasteiger partial charge in [0, 0.05) is 32.0 Å². The molecule has 1 aliphatic heterocycles. The Morgan fingerprint density at radius 3 is 3.24 bits per heavy atom. The molecule has 6 heteroatoms. The van der Waals surface area contributed by atoms with Crippen molar-refractivity contribution in [3.63, 3.8) is 0 Å². The molecule has 0 unspecified atom stereocenters. The maximum Gasteiger partial charge on any atom is 0.274 e. The summed E-state index contributed by atoms with van der Waals surface area (Å²) in [5.41, 5.74) is 1.05. The van der Waals surface area contributed by atoms with E-state index >= 15 is 0 Å². The smallest absolute Gasteiger partial charge is 0.274 e. The molecule has 0 aliphatic carbocycles. The minimum Gasteiger partial charge on any atom is -0.367 e. The van der Waals surface area contributed by atoms with Gasteiger partial charge < -0.3 is 10.2 Å². The van der Waals surface area contributed by atoms with Crippen LogP contribution in [0.2, 0.25) is 0 Å². The predicted octanol–water partition coefficient (Wildman–Crippen LogP) is 0.952. The molecule has 0 spiro atoms. The Balaban J connectivity index is 2.09. The summed E-state index contributed by atoms with van der Waals surface area (Å²) in [6.45, 7) is 2.24. The van der Waals surface area contributed by atoms with Crippen molar-refractivity contribution in [2.45, 2.75) is 13.0 Å². The van der Waals surface area contributed by atoms with Gasteiger partial charge in [-0.05, 0) is 18.1 Å². The van der Waals surface area contributed by atoms with Gasteiger partial charge in [-0.25, -0.2) is 0 Å². The zero-order chi connectivity index (χ0) is 12.1. The molecule has 2 heterocycles. The van der Waals surface area contributed by atoms with E-state index in [4.69, 9.17) is 0 Å². The zero-order valence-electron chi connectivity index (χ0n) is 9.37. The van der Waals surface area contributed by atoms with Crippen molar-refractivity contribution in [3.05, 3.63) is 52.2 Å². The molecule has 1 saturated heterocycles. The van der Waals surface area contributed by atoms with Gasteiger partial charge in [0.2, 0.25) is 0 Å². The molecular formula is C11H14N4O2. The average molecular weight is 234 g/mol. The van der Waals surface area contributed by atoms with Crippen molar-refractivity contribution in [3.8, 4) is 0 Å². The van der Waals surface area contributed by atoms with Gasteiger partial charge in [-0.2, -0.15) is 0 Å². The van der Waals surface area contributed by atoms with Gasteiger partial charge in [0.15, 0.2) is 5.82 Å². The van der Waals surface area contributed by atoms with E-state index in [1.165, 1.54) is 0 Å². The zero-order valence-corrected chi connectivity index (χ0v) is 9.37. The van der Waals surface area contributed by atoms with Crippen LogP contribution in [-0.2, 0) is 6.54 Å². The van der Waals surface area contributed by atoms with Gasteiger partial charge >= 0.3 is 0 Å². The molecule has 90 valence electrons. The Hall–Kier alpha value is -2.11. The van der Waals surface area contributed by atoms with E-state index in [-0.39, 0.29) is 0 Å². The Morgan fingerprint density at radius 2 is 2.53 bits per heavy atom. The summed E-state index contributed by atoms with van der Waals surface area (Å²) in [5.74, 6) is 0.574. The summed E-state index contributed by atoms with van der Waals surface area (Å²) in [6, 6.07) is 3.83.